The van der Waals surface area contributed by atoms with E-state index in [9.17, 15) is 0 Å². The summed E-state index contributed by atoms with van der Waals surface area (Å²) in [5.41, 5.74) is 10.8. The van der Waals surface area contributed by atoms with Gasteiger partial charge >= 0.3 is 151 Å². The van der Waals surface area contributed by atoms with Gasteiger partial charge in [0.05, 0.1) is 0 Å². The smallest absolute Gasteiger partial charge is 0.0145 e. The fraction of sp³-hybridized carbons (Fsp3) is 0.434. The molecule has 0 saturated carbocycles. The minimum Gasteiger partial charge on any atom is -1.00 e. The first-order chi connectivity index (χ1) is 24.8. The molecular weight excluding hydrogens is 799 g/mol. The van der Waals surface area contributed by atoms with Gasteiger partial charge in [-0.25, -0.2) is 6.08 Å². The maximum absolute atomic E-state index is 3.35. The molecule has 0 amide bonds. The van der Waals surface area contributed by atoms with Gasteiger partial charge in [-0.2, -0.15) is 11.6 Å². The van der Waals surface area contributed by atoms with Crippen LogP contribution in [0.25, 0.3) is 21.5 Å². The molecular formula is C53H68Cl2Zr-2. The van der Waals surface area contributed by atoms with Crippen molar-refractivity contribution in [2.75, 3.05) is 0 Å². The van der Waals surface area contributed by atoms with Gasteiger partial charge in [-0.15, -0.1) is 39.7 Å². The molecule has 0 heterocycles. The van der Waals surface area contributed by atoms with Crippen LogP contribution in [-0.4, -0.2) is 3.21 Å². The van der Waals surface area contributed by atoms with Crippen molar-refractivity contribution in [1.82, 2.24) is 0 Å². The molecule has 0 saturated heterocycles. The van der Waals surface area contributed by atoms with Crippen molar-refractivity contribution in [2.24, 2.45) is 11.3 Å². The topological polar surface area (TPSA) is 0 Å². The van der Waals surface area contributed by atoms with E-state index in [4.69, 9.17) is 0 Å². The number of allylic oxidation sites excluding steroid dienone is 4. The van der Waals surface area contributed by atoms with E-state index >= 15 is 0 Å². The Hall–Kier alpha value is -2.44. The maximum Gasteiger partial charge on any atom is -0.0145 e. The Morgan fingerprint density at radius 1 is 0.518 bits per heavy atom. The first kappa shape index (κ1) is 49.7. The van der Waals surface area contributed by atoms with Gasteiger partial charge in [-0.1, -0.05) is 122 Å². The third-order valence-electron chi connectivity index (χ3n) is 10.7. The normalized spacial score (nSPS) is 14.5. The van der Waals surface area contributed by atoms with Crippen molar-refractivity contribution < 1.29 is 49.0 Å². The van der Waals surface area contributed by atoms with E-state index in [1.165, 1.54) is 94.4 Å². The Morgan fingerprint density at radius 3 is 1.12 bits per heavy atom. The number of hydrogen-bond acceptors (Lipinski definition) is 0. The van der Waals surface area contributed by atoms with E-state index in [2.05, 4.69) is 220 Å². The molecule has 1 unspecified atom stereocenters. The predicted molar refractivity (Wildman–Crippen MR) is 237 cm³/mol. The molecule has 0 bridgehead atoms. The fourth-order valence-electron chi connectivity index (χ4n) is 6.58. The molecule has 0 fully saturated rings. The molecule has 300 valence electrons. The van der Waals surface area contributed by atoms with Crippen LogP contribution in [0.15, 0.2) is 109 Å². The van der Waals surface area contributed by atoms with Gasteiger partial charge in [-0.05, 0) is 10.8 Å². The van der Waals surface area contributed by atoms with Crippen molar-refractivity contribution in [3.05, 3.63) is 148 Å². The molecule has 5 aromatic rings. The van der Waals surface area contributed by atoms with Gasteiger partial charge < -0.3 is 24.8 Å². The Balaban J connectivity index is 0.000000300. The summed E-state index contributed by atoms with van der Waals surface area (Å²) in [5.74, 6) is 0.573. The van der Waals surface area contributed by atoms with Gasteiger partial charge in [-0.3, -0.25) is 6.08 Å². The van der Waals surface area contributed by atoms with Crippen molar-refractivity contribution in [2.45, 2.75) is 139 Å². The Bertz CT molecular complexity index is 1970. The number of halogens is 2. The van der Waals surface area contributed by atoms with Crippen molar-refractivity contribution >= 4 is 24.8 Å². The largest absolute Gasteiger partial charge is 1.00 e. The van der Waals surface area contributed by atoms with Gasteiger partial charge in [0.2, 0.25) is 0 Å². The van der Waals surface area contributed by atoms with Gasteiger partial charge in [0.1, 0.15) is 0 Å². The summed E-state index contributed by atoms with van der Waals surface area (Å²) in [4.78, 5) is 0. The Kier molecular flexibility index (Phi) is 16.9. The van der Waals surface area contributed by atoms with Crippen molar-refractivity contribution in [3.63, 3.8) is 0 Å². The maximum atomic E-state index is 3.35. The standard InChI is InChI=1S/C21H25.C21H26.C11H17.2ClH.Zr/c1-20(2,3)16-9-7-14-11-15-8-10-17(21(4,5)6)13-19(15)18(14)12-16;1-20(2,3)18-11-7-16(8-12-18)15-17-9-13-19(14-10-17)21(4,5)6;1-5-9-6-7-10(8-9)11(2,3)4;;;/h7-13H,1-6H3;7-14H,1-6H3;7-9H,5H2,1-4H3;2*1H;/q-1;;-1;;;+2/p-2. The van der Waals surface area contributed by atoms with Crippen LogP contribution in [0.2, 0.25) is 0 Å². The first-order valence-corrected chi connectivity index (χ1v) is 21.3. The average molecular weight is 867 g/mol. The molecule has 0 N–H and O–H groups in total. The second kappa shape index (κ2) is 19.1. The summed E-state index contributed by atoms with van der Waals surface area (Å²) >= 11 is 1.46. The van der Waals surface area contributed by atoms with Gasteiger partial charge in [0, 0.05) is 0 Å². The molecule has 5 aromatic carbocycles. The number of benzene rings is 4. The fourth-order valence-corrected chi connectivity index (χ4v) is 7.40. The SMILES string of the molecule is CC(C)(C)c1ccc([C](=[Zr+2])c2ccc(C(C)(C)C)cc2)cc1.CC(C)(C)c1ccc2[cH-]c3ccc(C(C)(C)C)cc3c2c1.CCC1[C-]=CC(C(C)(C)C)=C1.[Cl-].[Cl-]. The molecule has 0 aromatic heterocycles. The molecule has 0 aliphatic heterocycles. The van der Waals surface area contributed by atoms with Gasteiger partial charge in [0.25, 0.3) is 0 Å². The minimum atomic E-state index is 0. The summed E-state index contributed by atoms with van der Waals surface area (Å²) in [6.45, 7) is 36.2. The minimum absolute atomic E-state index is 0. The van der Waals surface area contributed by atoms with E-state index in [1.807, 2.05) is 0 Å². The zero-order valence-corrected chi connectivity index (χ0v) is 41.3. The Morgan fingerprint density at radius 2 is 0.857 bits per heavy atom. The summed E-state index contributed by atoms with van der Waals surface area (Å²) in [7, 11) is 0. The van der Waals surface area contributed by atoms with E-state index in [-0.39, 0.29) is 46.5 Å². The van der Waals surface area contributed by atoms with Crippen LogP contribution < -0.4 is 24.8 Å². The van der Waals surface area contributed by atoms with E-state index in [0.717, 1.165) is 0 Å². The molecule has 0 radical (unpaired) electrons. The van der Waals surface area contributed by atoms with Crippen LogP contribution in [0.3, 0.4) is 0 Å². The van der Waals surface area contributed by atoms with Crippen LogP contribution in [0, 0.1) is 17.4 Å². The second-order valence-electron chi connectivity index (χ2n) is 20.5. The van der Waals surface area contributed by atoms with Crippen molar-refractivity contribution in [3.8, 4) is 0 Å². The molecule has 1 aliphatic carbocycles. The summed E-state index contributed by atoms with van der Waals surface area (Å²) in [5, 5.41) is 5.49. The van der Waals surface area contributed by atoms with Crippen LogP contribution in [0.5, 0.6) is 0 Å². The molecule has 6 rings (SSSR count). The van der Waals surface area contributed by atoms with Gasteiger partial charge in [0.15, 0.2) is 0 Å². The van der Waals surface area contributed by atoms with E-state index in [0.29, 0.717) is 11.3 Å². The quantitative estimate of drug-likeness (QED) is 0.159. The molecule has 56 heavy (non-hydrogen) atoms. The average Bonchev–Trinajstić information content (AvgIpc) is 3.72. The Labute approximate surface area is 369 Å². The molecule has 0 nitrogen and oxygen atoms in total. The molecule has 0 spiro atoms. The van der Waals surface area contributed by atoms with E-state index < -0.39 is 0 Å². The van der Waals surface area contributed by atoms with Crippen LogP contribution in [0.1, 0.15) is 151 Å². The number of hydrogen-bond donors (Lipinski definition) is 0. The monoisotopic (exact) mass is 864 g/mol. The predicted octanol–water partition coefficient (Wildman–Crippen LogP) is 9.07. The summed E-state index contributed by atoms with van der Waals surface area (Å²) < 4.78 is 1.42. The van der Waals surface area contributed by atoms with Crippen LogP contribution in [0.4, 0.5) is 0 Å². The van der Waals surface area contributed by atoms with Crippen molar-refractivity contribution in [1.29, 1.82) is 0 Å². The van der Waals surface area contributed by atoms with Crippen LogP contribution in [-0.2, 0) is 45.9 Å². The molecule has 1 atom stereocenters. The number of fused-ring (bicyclic) bond motifs is 3. The molecule has 1 aliphatic rings. The first-order valence-electron chi connectivity index (χ1n) is 20.0. The zero-order chi connectivity index (χ0) is 40.4. The molecule has 3 heteroatoms. The summed E-state index contributed by atoms with van der Waals surface area (Å²) in [6, 6.07) is 34.3. The van der Waals surface area contributed by atoms with E-state index in [1.54, 1.807) is 0 Å². The second-order valence-corrected chi connectivity index (χ2v) is 21.7. The van der Waals surface area contributed by atoms with Crippen LogP contribution >= 0.6 is 0 Å². The third-order valence-corrected chi connectivity index (χ3v) is 12.1. The summed E-state index contributed by atoms with van der Waals surface area (Å²) in [6.07, 6.45) is 9.00. The number of rotatable bonds is 3. The zero-order valence-electron chi connectivity index (χ0n) is 37.4. The third kappa shape index (κ3) is 13.0.